The van der Waals surface area contributed by atoms with Crippen molar-refractivity contribution in [1.29, 1.82) is 0 Å². The summed E-state index contributed by atoms with van der Waals surface area (Å²) in [4.78, 5) is 13.2. The Bertz CT molecular complexity index is 687. The first kappa shape index (κ1) is 19.8. The van der Waals surface area contributed by atoms with E-state index < -0.39 is 10.0 Å². The second kappa shape index (κ2) is 8.69. The minimum atomic E-state index is -3.12. The first-order valence-corrected chi connectivity index (χ1v) is 11.4. The quantitative estimate of drug-likeness (QED) is 0.698. The largest absolute Gasteiger partial charge is 0.353 e. The summed E-state index contributed by atoms with van der Waals surface area (Å²) in [6.07, 6.45) is 1.35. The van der Waals surface area contributed by atoms with Crippen molar-refractivity contribution < 1.29 is 13.2 Å². The van der Waals surface area contributed by atoms with Crippen LogP contribution < -0.4 is 5.32 Å². The third kappa shape index (κ3) is 5.47. The van der Waals surface area contributed by atoms with Gasteiger partial charge in [0.15, 0.2) is 0 Å². The molecular weight excluding hydrogens is 412 g/mol. The first-order valence-electron chi connectivity index (χ1n) is 7.98. The molecular formula is C16H23BrN2O3S2. The molecule has 0 bridgehead atoms. The number of hydrogen-bond donors (Lipinski definition) is 1. The summed E-state index contributed by atoms with van der Waals surface area (Å²) in [7, 11) is -3.12. The van der Waals surface area contributed by atoms with E-state index in [4.69, 9.17) is 0 Å². The van der Waals surface area contributed by atoms with Gasteiger partial charge in [0, 0.05) is 28.5 Å². The van der Waals surface area contributed by atoms with E-state index in [9.17, 15) is 13.2 Å². The molecule has 8 heteroatoms. The van der Waals surface area contributed by atoms with Crippen LogP contribution in [0.2, 0.25) is 0 Å². The van der Waals surface area contributed by atoms with Gasteiger partial charge in [-0.25, -0.2) is 12.7 Å². The summed E-state index contributed by atoms with van der Waals surface area (Å²) >= 11 is 4.95. The molecule has 1 N–H and O–H groups in total. The molecule has 2 rings (SSSR count). The van der Waals surface area contributed by atoms with Crippen LogP contribution in [0.4, 0.5) is 0 Å². The molecule has 0 unspecified atom stereocenters. The normalized spacial score (nSPS) is 17.0. The molecule has 1 aromatic carbocycles. The topological polar surface area (TPSA) is 66.5 Å². The summed E-state index contributed by atoms with van der Waals surface area (Å²) in [6, 6.07) is 6.07. The molecule has 1 saturated heterocycles. The molecule has 0 radical (unpaired) electrons. The van der Waals surface area contributed by atoms with Gasteiger partial charge in [-0.15, -0.1) is 11.8 Å². The summed E-state index contributed by atoms with van der Waals surface area (Å²) in [5.41, 5.74) is 1.14. The first-order chi connectivity index (χ1) is 11.3. The highest BCUT2D eigenvalue weighted by Crippen LogP contribution is 2.25. The second-order valence-corrected chi connectivity index (χ2v) is 10.0. The lowest BCUT2D eigenvalue weighted by Crippen LogP contribution is -2.47. The van der Waals surface area contributed by atoms with E-state index in [2.05, 4.69) is 21.2 Å². The van der Waals surface area contributed by atoms with Crippen LogP contribution in [-0.4, -0.2) is 49.3 Å². The van der Waals surface area contributed by atoms with Crippen molar-refractivity contribution in [2.24, 2.45) is 0 Å². The molecule has 1 fully saturated rings. The van der Waals surface area contributed by atoms with Crippen LogP contribution in [0.25, 0.3) is 0 Å². The number of rotatable bonds is 6. The van der Waals surface area contributed by atoms with Crippen molar-refractivity contribution in [3.8, 4) is 0 Å². The van der Waals surface area contributed by atoms with Gasteiger partial charge < -0.3 is 5.32 Å². The van der Waals surface area contributed by atoms with Crippen molar-refractivity contribution in [2.45, 2.75) is 37.6 Å². The fourth-order valence-electron chi connectivity index (χ4n) is 2.65. The number of nitrogens with zero attached hydrogens (tertiary/aromatic N) is 1. The van der Waals surface area contributed by atoms with E-state index in [-0.39, 0.29) is 17.7 Å². The summed E-state index contributed by atoms with van der Waals surface area (Å²) in [5.74, 6) is 0.502. The Labute approximate surface area is 156 Å². The number of nitrogens with one attached hydrogen (secondary N) is 1. The molecule has 1 aliphatic rings. The smallest absolute Gasteiger partial charge is 0.230 e. The zero-order chi connectivity index (χ0) is 17.7. The van der Waals surface area contributed by atoms with Crippen molar-refractivity contribution in [3.05, 3.63) is 28.2 Å². The van der Waals surface area contributed by atoms with E-state index in [1.165, 1.54) is 16.1 Å². The molecule has 0 aromatic heterocycles. The second-order valence-electron chi connectivity index (χ2n) is 5.84. The van der Waals surface area contributed by atoms with Crippen molar-refractivity contribution >= 4 is 43.6 Å². The average Bonchev–Trinajstić information content (AvgIpc) is 2.54. The average molecular weight is 435 g/mol. The predicted molar refractivity (Wildman–Crippen MR) is 102 cm³/mol. The maximum atomic E-state index is 12.1. The van der Waals surface area contributed by atoms with Crippen molar-refractivity contribution in [3.63, 3.8) is 0 Å². The van der Waals surface area contributed by atoms with Gasteiger partial charge >= 0.3 is 0 Å². The van der Waals surface area contributed by atoms with E-state index in [1.807, 2.05) is 25.1 Å². The highest BCUT2D eigenvalue weighted by atomic mass is 79.9. The number of hydrogen-bond acceptors (Lipinski definition) is 4. The summed E-state index contributed by atoms with van der Waals surface area (Å²) < 4.78 is 26.2. The molecule has 24 heavy (non-hydrogen) atoms. The van der Waals surface area contributed by atoms with Gasteiger partial charge in [0.1, 0.15) is 0 Å². The van der Waals surface area contributed by atoms with Crippen LogP contribution >= 0.6 is 27.7 Å². The summed E-state index contributed by atoms with van der Waals surface area (Å²) in [6.45, 7) is 4.65. The van der Waals surface area contributed by atoms with Gasteiger partial charge in [0.05, 0.1) is 11.5 Å². The minimum absolute atomic E-state index is 0.000817. The van der Waals surface area contributed by atoms with Crippen LogP contribution in [0.5, 0.6) is 0 Å². The molecule has 0 aliphatic carbocycles. The highest BCUT2D eigenvalue weighted by Gasteiger charge is 2.27. The Balaban J connectivity index is 1.78. The molecule has 1 aromatic rings. The van der Waals surface area contributed by atoms with Crippen LogP contribution in [0, 0.1) is 6.92 Å². The highest BCUT2D eigenvalue weighted by molar-refractivity contribution is 9.10. The van der Waals surface area contributed by atoms with Crippen LogP contribution in [0.3, 0.4) is 0 Å². The maximum Gasteiger partial charge on any atom is 0.230 e. The maximum absolute atomic E-state index is 12.1. The van der Waals surface area contributed by atoms with E-state index in [0.717, 1.165) is 14.9 Å². The van der Waals surface area contributed by atoms with Gasteiger partial charge in [-0.05, 0) is 50.5 Å². The molecule has 1 aliphatic heterocycles. The van der Waals surface area contributed by atoms with Gasteiger partial charge in [0.25, 0.3) is 0 Å². The van der Waals surface area contributed by atoms with Gasteiger partial charge in [-0.2, -0.15) is 0 Å². The SMILES string of the molecule is CCS(=O)(=O)N1CCC(NC(=O)CSc2ccc(Br)cc2C)CC1. The number of aryl methyl sites for hydroxylation is 1. The van der Waals surface area contributed by atoms with Crippen LogP contribution in [0.1, 0.15) is 25.3 Å². The Morgan fingerprint density at radius 1 is 1.38 bits per heavy atom. The fraction of sp³-hybridized carbons (Fsp3) is 0.562. The Morgan fingerprint density at radius 3 is 2.62 bits per heavy atom. The summed E-state index contributed by atoms with van der Waals surface area (Å²) in [5, 5.41) is 3.02. The molecule has 0 saturated carbocycles. The monoisotopic (exact) mass is 434 g/mol. The van der Waals surface area contributed by atoms with Crippen LogP contribution in [0.15, 0.2) is 27.6 Å². The number of piperidine rings is 1. The molecule has 134 valence electrons. The lowest BCUT2D eigenvalue weighted by molar-refractivity contribution is -0.119. The number of amides is 1. The lowest BCUT2D eigenvalue weighted by atomic mass is 10.1. The number of thioether (sulfide) groups is 1. The predicted octanol–water partition coefficient (Wildman–Crippen LogP) is 2.78. The number of halogens is 1. The number of sulfonamides is 1. The number of carbonyl (C=O) groups is 1. The van der Waals surface area contributed by atoms with Gasteiger partial charge in [-0.1, -0.05) is 15.9 Å². The minimum Gasteiger partial charge on any atom is -0.353 e. The molecule has 1 heterocycles. The zero-order valence-corrected chi connectivity index (χ0v) is 17.1. The third-order valence-electron chi connectivity index (χ3n) is 4.07. The Morgan fingerprint density at radius 2 is 2.04 bits per heavy atom. The van der Waals surface area contributed by atoms with E-state index in [1.54, 1.807) is 6.92 Å². The van der Waals surface area contributed by atoms with E-state index >= 15 is 0 Å². The lowest BCUT2D eigenvalue weighted by Gasteiger charge is -2.31. The number of carbonyl (C=O) groups excluding carboxylic acids is 1. The molecule has 0 spiro atoms. The van der Waals surface area contributed by atoms with E-state index in [0.29, 0.717) is 31.7 Å². The van der Waals surface area contributed by atoms with Gasteiger partial charge in [-0.3, -0.25) is 4.79 Å². The molecule has 1 amide bonds. The Kier molecular flexibility index (Phi) is 7.15. The molecule has 0 atom stereocenters. The number of benzene rings is 1. The van der Waals surface area contributed by atoms with Crippen molar-refractivity contribution in [1.82, 2.24) is 9.62 Å². The standard InChI is InChI=1S/C16H23BrN2O3S2/c1-3-24(21,22)19-8-6-14(7-9-19)18-16(20)11-23-15-5-4-13(17)10-12(15)2/h4-5,10,14H,3,6-9,11H2,1-2H3,(H,18,20). The van der Waals surface area contributed by atoms with Crippen molar-refractivity contribution in [2.75, 3.05) is 24.6 Å². The van der Waals surface area contributed by atoms with Crippen LogP contribution in [-0.2, 0) is 14.8 Å². The fourth-order valence-corrected chi connectivity index (χ4v) is 5.08. The third-order valence-corrected chi connectivity index (χ3v) is 7.62. The Hall–Kier alpha value is -0.570. The van der Waals surface area contributed by atoms with Gasteiger partial charge in [0.2, 0.25) is 15.9 Å². The molecule has 5 nitrogen and oxygen atoms in total. The zero-order valence-electron chi connectivity index (χ0n) is 13.9.